The van der Waals surface area contributed by atoms with Crippen LogP contribution in [0.15, 0.2) is 30.5 Å². The van der Waals surface area contributed by atoms with Crippen LogP contribution in [0.25, 0.3) is 10.9 Å². The van der Waals surface area contributed by atoms with Gasteiger partial charge in [0.05, 0.1) is 13.2 Å². The fourth-order valence-corrected chi connectivity index (χ4v) is 2.28. The van der Waals surface area contributed by atoms with Crippen LogP contribution in [0.4, 0.5) is 0 Å². The molecule has 3 N–H and O–H groups in total. The number of carbonyl (C=O) groups is 2. The van der Waals surface area contributed by atoms with E-state index in [0.717, 1.165) is 16.5 Å². The predicted octanol–water partition coefficient (Wildman–Crippen LogP) is 0.337. The zero-order chi connectivity index (χ0) is 15.4. The zero-order valence-electron chi connectivity index (χ0n) is 12.1. The Bertz CT molecular complexity index is 663. The third-order valence-corrected chi connectivity index (χ3v) is 3.39. The Kier molecular flexibility index (Phi) is 4.59. The van der Waals surface area contributed by atoms with Gasteiger partial charge in [-0.1, -0.05) is 18.2 Å². The van der Waals surface area contributed by atoms with E-state index < -0.39 is 12.0 Å². The molecule has 0 aliphatic rings. The van der Waals surface area contributed by atoms with Gasteiger partial charge in [0.15, 0.2) is 0 Å². The summed E-state index contributed by atoms with van der Waals surface area (Å²) in [5.41, 5.74) is 8.00. The number of amides is 1. The van der Waals surface area contributed by atoms with Crippen LogP contribution in [-0.4, -0.2) is 36.1 Å². The molecule has 0 unspecified atom stereocenters. The Labute approximate surface area is 122 Å². The SMILES string of the molecule is COC(=O)CNC(=O)[C@H](N)Cc1cn(C)c2ccccc12. The van der Waals surface area contributed by atoms with Crippen molar-refractivity contribution in [2.45, 2.75) is 12.5 Å². The summed E-state index contributed by atoms with van der Waals surface area (Å²) in [6.07, 6.45) is 2.38. The molecule has 1 amide bonds. The molecule has 2 aromatic rings. The Morgan fingerprint density at radius 3 is 2.81 bits per heavy atom. The Morgan fingerprint density at radius 2 is 2.10 bits per heavy atom. The van der Waals surface area contributed by atoms with Gasteiger partial charge in [-0.25, -0.2) is 0 Å². The van der Waals surface area contributed by atoms with E-state index in [2.05, 4.69) is 10.1 Å². The van der Waals surface area contributed by atoms with Crippen molar-refractivity contribution < 1.29 is 14.3 Å². The molecule has 0 fully saturated rings. The molecule has 0 bridgehead atoms. The average Bonchev–Trinajstić information content (AvgIpc) is 2.81. The smallest absolute Gasteiger partial charge is 0.325 e. The second-order valence-electron chi connectivity index (χ2n) is 4.89. The van der Waals surface area contributed by atoms with Crippen LogP contribution in [-0.2, 0) is 27.8 Å². The van der Waals surface area contributed by atoms with Gasteiger partial charge in [0.1, 0.15) is 6.54 Å². The van der Waals surface area contributed by atoms with Crippen LogP contribution < -0.4 is 11.1 Å². The van der Waals surface area contributed by atoms with Crippen molar-refractivity contribution >= 4 is 22.8 Å². The number of aromatic nitrogens is 1. The first-order chi connectivity index (χ1) is 10.0. The third kappa shape index (κ3) is 3.41. The van der Waals surface area contributed by atoms with Crippen LogP contribution in [0.3, 0.4) is 0 Å². The summed E-state index contributed by atoms with van der Waals surface area (Å²) in [6, 6.07) is 7.23. The van der Waals surface area contributed by atoms with Crippen molar-refractivity contribution in [1.82, 2.24) is 9.88 Å². The second kappa shape index (κ2) is 6.41. The number of carbonyl (C=O) groups excluding carboxylic acids is 2. The molecule has 0 aliphatic carbocycles. The molecular formula is C15H19N3O3. The monoisotopic (exact) mass is 289 g/mol. The molecule has 0 spiro atoms. The fraction of sp³-hybridized carbons (Fsp3) is 0.333. The largest absolute Gasteiger partial charge is 0.468 e. The molecule has 0 saturated carbocycles. The van der Waals surface area contributed by atoms with Gasteiger partial charge in [0.2, 0.25) is 5.91 Å². The number of fused-ring (bicyclic) bond motifs is 1. The maximum absolute atomic E-state index is 11.9. The highest BCUT2D eigenvalue weighted by atomic mass is 16.5. The van der Waals surface area contributed by atoms with E-state index in [1.165, 1.54) is 7.11 Å². The molecule has 1 heterocycles. The number of nitrogens with one attached hydrogen (secondary N) is 1. The van der Waals surface area contributed by atoms with Crippen LogP contribution in [0.1, 0.15) is 5.56 Å². The predicted molar refractivity (Wildman–Crippen MR) is 79.6 cm³/mol. The third-order valence-electron chi connectivity index (χ3n) is 3.39. The number of nitrogens with zero attached hydrogens (tertiary/aromatic N) is 1. The summed E-state index contributed by atoms with van der Waals surface area (Å²) in [4.78, 5) is 22.9. The lowest BCUT2D eigenvalue weighted by Crippen LogP contribution is -2.44. The average molecular weight is 289 g/mol. The summed E-state index contributed by atoms with van der Waals surface area (Å²) < 4.78 is 6.47. The van der Waals surface area contributed by atoms with Crippen molar-refractivity contribution in [3.05, 3.63) is 36.0 Å². The Hall–Kier alpha value is -2.34. The van der Waals surface area contributed by atoms with Crippen LogP contribution in [0.5, 0.6) is 0 Å². The molecule has 0 aliphatic heterocycles. The standard InChI is InChI=1S/C15H19N3O3/c1-18-9-10(11-5-3-4-6-13(11)18)7-12(16)15(20)17-8-14(19)21-2/h3-6,9,12H,7-8,16H2,1-2H3,(H,17,20)/t12-/m1/s1. The van der Waals surface area contributed by atoms with Crippen molar-refractivity contribution in [3.8, 4) is 0 Å². The quantitative estimate of drug-likeness (QED) is 0.777. The number of hydrogen-bond acceptors (Lipinski definition) is 4. The van der Waals surface area contributed by atoms with E-state index in [-0.39, 0.29) is 12.5 Å². The summed E-state index contributed by atoms with van der Waals surface area (Å²) in [7, 11) is 3.22. The molecule has 6 heteroatoms. The molecule has 0 radical (unpaired) electrons. The molecule has 21 heavy (non-hydrogen) atoms. The molecule has 2 rings (SSSR count). The highest BCUT2D eigenvalue weighted by Crippen LogP contribution is 2.21. The number of benzene rings is 1. The lowest BCUT2D eigenvalue weighted by Gasteiger charge is -2.11. The molecule has 1 atom stereocenters. The lowest BCUT2D eigenvalue weighted by molar-refractivity contribution is -0.141. The van der Waals surface area contributed by atoms with Gasteiger partial charge in [-0.15, -0.1) is 0 Å². The Balaban J connectivity index is 2.06. The first kappa shape index (κ1) is 15.1. The maximum atomic E-state index is 11.9. The van der Waals surface area contributed by atoms with Gasteiger partial charge in [0, 0.05) is 24.1 Å². The minimum atomic E-state index is -0.708. The van der Waals surface area contributed by atoms with E-state index in [4.69, 9.17) is 5.73 Å². The maximum Gasteiger partial charge on any atom is 0.325 e. The van der Waals surface area contributed by atoms with E-state index in [0.29, 0.717) is 6.42 Å². The van der Waals surface area contributed by atoms with E-state index >= 15 is 0 Å². The van der Waals surface area contributed by atoms with Gasteiger partial charge in [0.25, 0.3) is 0 Å². The number of hydrogen-bond donors (Lipinski definition) is 2. The number of ether oxygens (including phenoxy) is 1. The van der Waals surface area contributed by atoms with Crippen LogP contribution >= 0.6 is 0 Å². The first-order valence-electron chi connectivity index (χ1n) is 6.66. The number of rotatable bonds is 5. The summed E-state index contributed by atoms with van der Waals surface area (Å²) in [5, 5.41) is 3.54. The van der Waals surface area contributed by atoms with Crippen LogP contribution in [0.2, 0.25) is 0 Å². The van der Waals surface area contributed by atoms with Crippen molar-refractivity contribution in [2.75, 3.05) is 13.7 Å². The number of esters is 1. The minimum absolute atomic E-state index is 0.168. The second-order valence-corrected chi connectivity index (χ2v) is 4.89. The minimum Gasteiger partial charge on any atom is -0.468 e. The molecule has 0 saturated heterocycles. The molecule has 1 aromatic carbocycles. The summed E-state index contributed by atoms with van der Waals surface area (Å²) >= 11 is 0. The summed E-state index contributed by atoms with van der Waals surface area (Å²) in [6.45, 7) is -0.168. The number of methoxy groups -OCH3 is 1. The lowest BCUT2D eigenvalue weighted by atomic mass is 10.1. The number of aryl methyl sites for hydroxylation is 1. The summed E-state index contributed by atoms with van der Waals surface area (Å²) in [5.74, 6) is -0.867. The van der Waals surface area contributed by atoms with E-state index in [1.54, 1.807) is 0 Å². The first-order valence-corrected chi connectivity index (χ1v) is 6.66. The Morgan fingerprint density at radius 1 is 1.38 bits per heavy atom. The number of para-hydroxylation sites is 1. The van der Waals surface area contributed by atoms with Gasteiger partial charge in [-0.2, -0.15) is 0 Å². The molecular weight excluding hydrogens is 270 g/mol. The van der Waals surface area contributed by atoms with Crippen LogP contribution in [0, 0.1) is 0 Å². The highest BCUT2D eigenvalue weighted by molar-refractivity contribution is 5.88. The number of nitrogens with two attached hydrogens (primary N) is 1. The normalized spacial score (nSPS) is 12.1. The van der Waals surface area contributed by atoms with Gasteiger partial charge < -0.3 is 20.4 Å². The van der Waals surface area contributed by atoms with Crippen molar-refractivity contribution in [3.63, 3.8) is 0 Å². The van der Waals surface area contributed by atoms with E-state index in [9.17, 15) is 9.59 Å². The zero-order valence-corrected chi connectivity index (χ0v) is 12.1. The fourth-order valence-electron chi connectivity index (χ4n) is 2.28. The molecule has 1 aromatic heterocycles. The molecule has 6 nitrogen and oxygen atoms in total. The molecule has 112 valence electrons. The van der Waals surface area contributed by atoms with Crippen molar-refractivity contribution in [2.24, 2.45) is 12.8 Å². The van der Waals surface area contributed by atoms with Gasteiger partial charge in [-0.3, -0.25) is 9.59 Å². The topological polar surface area (TPSA) is 86.3 Å². The highest BCUT2D eigenvalue weighted by Gasteiger charge is 2.17. The van der Waals surface area contributed by atoms with Gasteiger partial charge in [-0.05, 0) is 18.1 Å². The van der Waals surface area contributed by atoms with Crippen molar-refractivity contribution in [1.29, 1.82) is 0 Å². The van der Waals surface area contributed by atoms with Gasteiger partial charge >= 0.3 is 5.97 Å². The van der Waals surface area contributed by atoms with E-state index in [1.807, 2.05) is 42.1 Å².